The van der Waals surface area contributed by atoms with Gasteiger partial charge in [-0.05, 0) is 64.1 Å². The molecule has 6 heteroatoms. The lowest BCUT2D eigenvalue weighted by atomic mass is 9.96. The summed E-state index contributed by atoms with van der Waals surface area (Å²) in [6.07, 6.45) is 1.66. The number of hydrogen-bond acceptors (Lipinski definition) is 5. The monoisotopic (exact) mass is 351 g/mol. The molecule has 26 heavy (non-hydrogen) atoms. The third-order valence-corrected chi connectivity index (χ3v) is 4.85. The summed E-state index contributed by atoms with van der Waals surface area (Å²) < 4.78 is 0. The van der Waals surface area contributed by atoms with Gasteiger partial charge in [0.15, 0.2) is 11.4 Å². The van der Waals surface area contributed by atoms with Gasteiger partial charge in [0.25, 0.3) is 5.91 Å². The fourth-order valence-corrected chi connectivity index (χ4v) is 3.07. The molecule has 1 aliphatic heterocycles. The molecular weight excluding hydrogens is 326 g/mol. The van der Waals surface area contributed by atoms with E-state index in [1.54, 1.807) is 12.3 Å². The van der Waals surface area contributed by atoms with E-state index in [-0.39, 0.29) is 5.91 Å². The fourth-order valence-electron chi connectivity index (χ4n) is 3.07. The average molecular weight is 351 g/mol. The van der Waals surface area contributed by atoms with Crippen LogP contribution in [-0.2, 0) is 4.79 Å². The number of carbonyl (C=O) groups is 1. The van der Waals surface area contributed by atoms with Crippen LogP contribution >= 0.6 is 0 Å². The van der Waals surface area contributed by atoms with Gasteiger partial charge in [0.05, 0.1) is 5.71 Å². The molecule has 1 N–H and O–H groups in total. The maximum Gasteiger partial charge on any atom is 0.280 e. The summed E-state index contributed by atoms with van der Waals surface area (Å²) >= 11 is 0. The predicted octanol–water partition coefficient (Wildman–Crippen LogP) is 3.52. The Bertz CT molecular complexity index is 799. The lowest BCUT2D eigenvalue weighted by Gasteiger charge is -2.27. The third-order valence-electron chi connectivity index (χ3n) is 4.85. The van der Waals surface area contributed by atoms with E-state index in [4.69, 9.17) is 0 Å². The minimum Gasteiger partial charge on any atom is -0.372 e. The summed E-state index contributed by atoms with van der Waals surface area (Å²) in [7, 11) is 0. The van der Waals surface area contributed by atoms with Gasteiger partial charge in [-0.15, -0.1) is 0 Å². The number of nitrogens with one attached hydrogen (secondary N) is 1. The second-order valence-electron chi connectivity index (χ2n) is 6.46. The van der Waals surface area contributed by atoms with E-state index >= 15 is 0 Å². The second kappa shape index (κ2) is 7.15. The van der Waals surface area contributed by atoms with Gasteiger partial charge in [-0.3, -0.25) is 4.79 Å². The summed E-state index contributed by atoms with van der Waals surface area (Å²) in [6.45, 7) is 9.92. The van der Waals surface area contributed by atoms with Crippen LogP contribution in [-0.4, -0.2) is 35.2 Å². The summed E-state index contributed by atoms with van der Waals surface area (Å²) in [4.78, 5) is 19.5. The molecule has 2 heterocycles. The zero-order chi connectivity index (χ0) is 18.7. The van der Waals surface area contributed by atoms with Crippen LogP contribution in [0.1, 0.15) is 27.7 Å². The molecule has 0 saturated carbocycles. The summed E-state index contributed by atoms with van der Waals surface area (Å²) in [5.74, 6) is 0.390. The number of rotatable bonds is 6. The first-order valence-electron chi connectivity index (χ1n) is 8.94. The molecule has 1 aromatic carbocycles. The van der Waals surface area contributed by atoms with E-state index < -0.39 is 5.54 Å². The SMILES string of the molecule is CCN(CC)c1ccc(NC2(C)C(=O)N(c3ccccn3)N=C2C)cc1. The second-order valence-corrected chi connectivity index (χ2v) is 6.46. The molecule has 0 fully saturated rings. The van der Waals surface area contributed by atoms with Gasteiger partial charge in [-0.2, -0.15) is 10.1 Å². The van der Waals surface area contributed by atoms with Crippen molar-refractivity contribution in [2.24, 2.45) is 5.10 Å². The number of benzene rings is 1. The highest BCUT2D eigenvalue weighted by Crippen LogP contribution is 2.29. The van der Waals surface area contributed by atoms with Gasteiger partial charge in [0.1, 0.15) is 0 Å². The lowest BCUT2D eigenvalue weighted by molar-refractivity contribution is -0.119. The molecule has 0 radical (unpaired) electrons. The highest BCUT2D eigenvalue weighted by atomic mass is 16.2. The molecule has 0 bridgehead atoms. The first-order valence-corrected chi connectivity index (χ1v) is 8.94. The lowest BCUT2D eigenvalue weighted by Crippen LogP contribution is -2.49. The first-order chi connectivity index (χ1) is 12.5. The molecular formula is C20H25N5O. The Kier molecular flexibility index (Phi) is 4.93. The van der Waals surface area contributed by atoms with Crippen molar-refractivity contribution < 1.29 is 4.79 Å². The van der Waals surface area contributed by atoms with E-state index in [0.29, 0.717) is 11.5 Å². The minimum absolute atomic E-state index is 0.137. The van der Waals surface area contributed by atoms with E-state index in [0.717, 1.165) is 18.8 Å². The predicted molar refractivity (Wildman–Crippen MR) is 107 cm³/mol. The van der Waals surface area contributed by atoms with E-state index in [2.05, 4.69) is 46.3 Å². The Morgan fingerprint density at radius 3 is 2.38 bits per heavy atom. The largest absolute Gasteiger partial charge is 0.372 e. The van der Waals surface area contributed by atoms with Crippen molar-refractivity contribution >= 4 is 28.8 Å². The van der Waals surface area contributed by atoms with Gasteiger partial charge in [0.2, 0.25) is 0 Å². The summed E-state index contributed by atoms with van der Waals surface area (Å²) in [6, 6.07) is 13.6. The smallest absolute Gasteiger partial charge is 0.280 e. The average Bonchev–Trinajstić information content (AvgIpc) is 2.89. The summed E-state index contributed by atoms with van der Waals surface area (Å²) in [5.41, 5.74) is 1.87. The van der Waals surface area contributed by atoms with Crippen molar-refractivity contribution in [1.29, 1.82) is 0 Å². The topological polar surface area (TPSA) is 60.8 Å². The number of amides is 1. The maximum atomic E-state index is 13.0. The molecule has 0 saturated heterocycles. The van der Waals surface area contributed by atoms with Crippen LogP contribution in [0.25, 0.3) is 0 Å². The van der Waals surface area contributed by atoms with Crippen LogP contribution in [0.3, 0.4) is 0 Å². The van der Waals surface area contributed by atoms with Crippen molar-refractivity contribution in [1.82, 2.24) is 4.98 Å². The van der Waals surface area contributed by atoms with Gasteiger partial charge < -0.3 is 10.2 Å². The van der Waals surface area contributed by atoms with Crippen LogP contribution in [0.5, 0.6) is 0 Å². The minimum atomic E-state index is -0.895. The normalized spacial score (nSPS) is 19.5. The molecule has 1 atom stereocenters. The zero-order valence-electron chi connectivity index (χ0n) is 15.7. The maximum absolute atomic E-state index is 13.0. The van der Waals surface area contributed by atoms with Crippen molar-refractivity contribution in [3.8, 4) is 0 Å². The Labute approximate surface area is 154 Å². The van der Waals surface area contributed by atoms with Crippen molar-refractivity contribution in [3.05, 3.63) is 48.7 Å². The van der Waals surface area contributed by atoms with Crippen LogP contribution in [0.15, 0.2) is 53.8 Å². The zero-order valence-corrected chi connectivity index (χ0v) is 15.7. The van der Waals surface area contributed by atoms with Crippen molar-refractivity contribution in [2.75, 3.05) is 28.3 Å². The van der Waals surface area contributed by atoms with Crippen LogP contribution < -0.4 is 15.2 Å². The highest BCUT2D eigenvalue weighted by molar-refractivity contribution is 6.23. The highest BCUT2D eigenvalue weighted by Gasteiger charge is 2.46. The number of anilines is 3. The van der Waals surface area contributed by atoms with Gasteiger partial charge in [-0.1, -0.05) is 6.07 Å². The van der Waals surface area contributed by atoms with Crippen molar-refractivity contribution in [2.45, 2.75) is 33.2 Å². The Morgan fingerprint density at radius 2 is 1.81 bits per heavy atom. The number of hydrogen-bond donors (Lipinski definition) is 1. The van der Waals surface area contributed by atoms with E-state index in [1.165, 1.54) is 10.7 Å². The quantitative estimate of drug-likeness (QED) is 0.865. The number of carbonyl (C=O) groups excluding carboxylic acids is 1. The van der Waals surface area contributed by atoms with Crippen LogP contribution in [0.4, 0.5) is 17.2 Å². The standard InChI is InChI=1S/C20H25N5O/c1-5-24(6-2)17-12-10-16(11-13-17)22-20(4)15(3)23-25(19(20)26)18-9-7-8-14-21-18/h7-14,22H,5-6H2,1-4H3. The summed E-state index contributed by atoms with van der Waals surface area (Å²) in [5, 5.41) is 9.15. The number of nitrogens with zero attached hydrogens (tertiary/aromatic N) is 4. The first kappa shape index (κ1) is 17.9. The molecule has 1 unspecified atom stereocenters. The molecule has 0 spiro atoms. The molecule has 3 rings (SSSR count). The Hall–Kier alpha value is -2.89. The molecule has 136 valence electrons. The third kappa shape index (κ3) is 3.14. The van der Waals surface area contributed by atoms with E-state index in [1.807, 2.05) is 38.1 Å². The van der Waals surface area contributed by atoms with Gasteiger partial charge >= 0.3 is 0 Å². The molecule has 1 aromatic heterocycles. The van der Waals surface area contributed by atoms with E-state index in [9.17, 15) is 4.79 Å². The van der Waals surface area contributed by atoms with Gasteiger partial charge in [-0.25, -0.2) is 4.98 Å². The van der Waals surface area contributed by atoms with Crippen molar-refractivity contribution in [3.63, 3.8) is 0 Å². The Morgan fingerprint density at radius 1 is 1.12 bits per heavy atom. The molecule has 1 aliphatic rings. The van der Waals surface area contributed by atoms with Gasteiger partial charge in [0, 0.05) is 30.7 Å². The Balaban J connectivity index is 1.81. The number of aromatic nitrogens is 1. The number of pyridine rings is 1. The molecule has 0 aliphatic carbocycles. The molecule has 6 nitrogen and oxygen atoms in total. The van der Waals surface area contributed by atoms with Crippen LogP contribution in [0.2, 0.25) is 0 Å². The van der Waals surface area contributed by atoms with Crippen LogP contribution in [0, 0.1) is 0 Å². The molecule has 2 aromatic rings. The number of hydrazone groups is 1. The molecule has 1 amide bonds. The fraction of sp³-hybridized carbons (Fsp3) is 0.350.